The fourth-order valence-electron chi connectivity index (χ4n) is 4.29. The Labute approximate surface area is 189 Å². The van der Waals surface area contributed by atoms with Gasteiger partial charge in [-0.25, -0.2) is 4.98 Å². The third kappa shape index (κ3) is 4.16. The van der Waals surface area contributed by atoms with Crippen LogP contribution in [0.3, 0.4) is 0 Å². The van der Waals surface area contributed by atoms with Crippen molar-refractivity contribution in [2.24, 2.45) is 0 Å². The molecule has 2 atom stereocenters. The molecule has 4 heterocycles. The van der Waals surface area contributed by atoms with Gasteiger partial charge in [-0.15, -0.1) is 11.3 Å². The van der Waals surface area contributed by atoms with Crippen LogP contribution in [0.15, 0.2) is 45.7 Å². The molecule has 1 fully saturated rings. The van der Waals surface area contributed by atoms with E-state index < -0.39 is 0 Å². The predicted octanol–water partition coefficient (Wildman–Crippen LogP) is 3.70. The summed E-state index contributed by atoms with van der Waals surface area (Å²) in [6.45, 7) is 4.52. The highest BCUT2D eigenvalue weighted by atomic mass is 32.2. The van der Waals surface area contributed by atoms with Gasteiger partial charge in [-0.2, -0.15) is 0 Å². The van der Waals surface area contributed by atoms with Crippen molar-refractivity contribution in [3.8, 4) is 0 Å². The van der Waals surface area contributed by atoms with Crippen LogP contribution in [0.25, 0.3) is 10.9 Å². The zero-order chi connectivity index (χ0) is 21.4. The van der Waals surface area contributed by atoms with E-state index in [0.717, 1.165) is 32.4 Å². The number of carbonyl (C=O) groups is 1. The van der Waals surface area contributed by atoms with E-state index >= 15 is 0 Å². The van der Waals surface area contributed by atoms with Crippen molar-refractivity contribution in [3.63, 3.8) is 0 Å². The lowest BCUT2D eigenvalue weighted by Crippen LogP contribution is -2.40. The quantitative estimate of drug-likeness (QED) is 0.434. The van der Waals surface area contributed by atoms with Crippen LogP contribution in [0.2, 0.25) is 0 Å². The molecule has 3 aromatic rings. The van der Waals surface area contributed by atoms with E-state index in [1.54, 1.807) is 15.9 Å². The van der Waals surface area contributed by atoms with Crippen molar-refractivity contribution in [2.75, 3.05) is 13.2 Å². The first-order valence-corrected chi connectivity index (χ1v) is 12.5. The highest BCUT2D eigenvalue weighted by Gasteiger charge is 2.28. The van der Waals surface area contributed by atoms with E-state index in [1.807, 2.05) is 36.1 Å². The number of rotatable bonds is 5. The summed E-state index contributed by atoms with van der Waals surface area (Å²) < 4.78 is 7.49. The average Bonchev–Trinajstić information content (AvgIpc) is 3.47. The predicted molar refractivity (Wildman–Crippen MR) is 124 cm³/mol. The lowest BCUT2D eigenvalue weighted by atomic mass is 10.1. The van der Waals surface area contributed by atoms with Crippen LogP contribution >= 0.6 is 23.1 Å². The molecule has 0 bridgehead atoms. The van der Waals surface area contributed by atoms with Gasteiger partial charge in [-0.05, 0) is 55.3 Å². The van der Waals surface area contributed by atoms with Crippen molar-refractivity contribution in [1.29, 1.82) is 0 Å². The number of hydrogen-bond acceptors (Lipinski definition) is 6. The maximum atomic E-state index is 13.3. The minimum atomic E-state index is -0.330. The number of nitrogens with zero attached hydrogens (tertiary/aromatic N) is 3. The number of thioether (sulfide) groups is 1. The summed E-state index contributed by atoms with van der Waals surface area (Å²) in [5.41, 5.74) is 1.85. The van der Waals surface area contributed by atoms with Gasteiger partial charge in [0.05, 0.1) is 28.8 Å². The highest BCUT2D eigenvalue weighted by molar-refractivity contribution is 8.00. The number of fused-ring (bicyclic) bond motifs is 2. The molecule has 2 aromatic heterocycles. The molecule has 2 aliphatic heterocycles. The summed E-state index contributed by atoms with van der Waals surface area (Å²) in [5, 5.41) is 2.96. The van der Waals surface area contributed by atoms with Crippen LogP contribution in [0.5, 0.6) is 0 Å². The normalized spacial score (nSPS) is 19.5. The number of benzene rings is 1. The van der Waals surface area contributed by atoms with Crippen LogP contribution in [-0.2, 0) is 29.0 Å². The van der Waals surface area contributed by atoms with Gasteiger partial charge in [0.1, 0.15) is 0 Å². The number of ether oxygens (including phenoxy) is 1. The number of aromatic nitrogens is 2. The Morgan fingerprint density at radius 3 is 3.06 bits per heavy atom. The van der Waals surface area contributed by atoms with Crippen LogP contribution in [0.4, 0.5) is 0 Å². The molecule has 0 saturated carbocycles. The third-order valence-electron chi connectivity index (χ3n) is 5.99. The van der Waals surface area contributed by atoms with E-state index in [-0.39, 0.29) is 22.8 Å². The van der Waals surface area contributed by atoms with Gasteiger partial charge >= 0.3 is 0 Å². The second-order valence-corrected chi connectivity index (χ2v) is 10.4. The number of hydrogen-bond donors (Lipinski definition) is 0. The molecule has 5 rings (SSSR count). The summed E-state index contributed by atoms with van der Waals surface area (Å²) in [6, 6.07) is 9.52. The smallest absolute Gasteiger partial charge is 0.262 e. The van der Waals surface area contributed by atoms with Crippen LogP contribution < -0.4 is 5.56 Å². The Morgan fingerprint density at radius 1 is 1.35 bits per heavy atom. The maximum absolute atomic E-state index is 13.3. The zero-order valence-corrected chi connectivity index (χ0v) is 19.1. The van der Waals surface area contributed by atoms with Crippen molar-refractivity contribution in [2.45, 2.75) is 55.8 Å². The summed E-state index contributed by atoms with van der Waals surface area (Å²) in [6.07, 6.45) is 2.88. The molecule has 0 radical (unpaired) electrons. The van der Waals surface area contributed by atoms with Crippen LogP contribution in [-0.4, -0.2) is 44.9 Å². The lowest BCUT2D eigenvalue weighted by molar-refractivity contribution is -0.131. The third-order valence-corrected chi connectivity index (χ3v) is 8.09. The van der Waals surface area contributed by atoms with Crippen molar-refractivity contribution < 1.29 is 9.53 Å². The molecule has 0 aliphatic carbocycles. The minimum Gasteiger partial charge on any atom is -0.376 e. The van der Waals surface area contributed by atoms with Gasteiger partial charge in [-0.3, -0.25) is 14.2 Å². The summed E-state index contributed by atoms with van der Waals surface area (Å²) in [5.74, 6) is 0.0907. The number of carbonyl (C=O) groups excluding carboxylic acids is 1. The first-order chi connectivity index (χ1) is 15.1. The molecule has 162 valence electrons. The molecule has 1 aromatic carbocycles. The molecule has 8 heteroatoms. The van der Waals surface area contributed by atoms with Crippen molar-refractivity contribution in [3.05, 3.63) is 56.5 Å². The summed E-state index contributed by atoms with van der Waals surface area (Å²) in [7, 11) is 0. The SMILES string of the molecule is CC(Sc1nc2ccccc2c(=O)n1CC1CCCO1)C(=O)N1CCc2sccc2C1. The van der Waals surface area contributed by atoms with Gasteiger partial charge in [-0.1, -0.05) is 23.9 Å². The zero-order valence-electron chi connectivity index (χ0n) is 17.5. The van der Waals surface area contributed by atoms with Gasteiger partial charge < -0.3 is 9.64 Å². The standard InChI is InChI=1S/C23H25N3O3S2/c1-15(21(27)25-10-8-20-16(13-25)9-12-30-20)31-23-24-19-7-3-2-6-18(19)22(28)26(23)14-17-5-4-11-29-17/h2-3,6-7,9,12,15,17H,4-5,8,10-11,13-14H2,1H3. The molecule has 6 nitrogen and oxygen atoms in total. The average molecular weight is 456 g/mol. The number of para-hydroxylation sites is 1. The lowest BCUT2D eigenvalue weighted by Gasteiger charge is -2.29. The monoisotopic (exact) mass is 455 g/mol. The maximum Gasteiger partial charge on any atom is 0.262 e. The van der Waals surface area contributed by atoms with E-state index in [4.69, 9.17) is 9.72 Å². The molecule has 2 aliphatic rings. The molecular weight excluding hydrogens is 430 g/mol. The van der Waals surface area contributed by atoms with Gasteiger partial charge in [0.2, 0.25) is 5.91 Å². The van der Waals surface area contributed by atoms with E-state index in [2.05, 4.69) is 11.4 Å². The van der Waals surface area contributed by atoms with E-state index in [0.29, 0.717) is 29.1 Å². The largest absolute Gasteiger partial charge is 0.376 e. The van der Waals surface area contributed by atoms with Crippen LogP contribution in [0.1, 0.15) is 30.2 Å². The highest BCUT2D eigenvalue weighted by Crippen LogP contribution is 2.29. The van der Waals surface area contributed by atoms with Crippen molar-refractivity contribution >= 4 is 39.9 Å². The Bertz CT molecular complexity index is 1170. The first-order valence-electron chi connectivity index (χ1n) is 10.7. The number of thiophene rings is 1. The fraction of sp³-hybridized carbons (Fsp3) is 0.435. The van der Waals surface area contributed by atoms with Gasteiger partial charge in [0, 0.05) is 24.6 Å². The minimum absolute atomic E-state index is 0.0186. The molecule has 31 heavy (non-hydrogen) atoms. The Hall–Kier alpha value is -2.16. The topological polar surface area (TPSA) is 64.4 Å². The fourth-order valence-corrected chi connectivity index (χ4v) is 6.18. The van der Waals surface area contributed by atoms with Gasteiger partial charge in [0.15, 0.2) is 5.16 Å². The van der Waals surface area contributed by atoms with Crippen molar-refractivity contribution in [1.82, 2.24) is 14.5 Å². The second kappa shape index (κ2) is 8.76. The van der Waals surface area contributed by atoms with Gasteiger partial charge in [0.25, 0.3) is 5.56 Å². The first kappa shape index (κ1) is 20.7. The molecular formula is C23H25N3O3S2. The Kier molecular flexibility index (Phi) is 5.86. The Balaban J connectivity index is 1.42. The second-order valence-electron chi connectivity index (χ2n) is 8.10. The van der Waals surface area contributed by atoms with Crippen LogP contribution in [0, 0.1) is 0 Å². The molecule has 0 N–H and O–H groups in total. The summed E-state index contributed by atoms with van der Waals surface area (Å²) >= 11 is 3.14. The molecule has 2 unspecified atom stereocenters. The number of amides is 1. The van der Waals surface area contributed by atoms with E-state index in [1.165, 1.54) is 22.2 Å². The van der Waals surface area contributed by atoms with E-state index in [9.17, 15) is 9.59 Å². The Morgan fingerprint density at radius 2 is 2.23 bits per heavy atom. The molecule has 1 amide bonds. The molecule has 1 saturated heterocycles. The molecule has 0 spiro atoms. The summed E-state index contributed by atoms with van der Waals surface area (Å²) in [4.78, 5) is 34.5.